The fourth-order valence-electron chi connectivity index (χ4n) is 5.89. The van der Waals surface area contributed by atoms with E-state index in [2.05, 4.69) is 85.7 Å². The van der Waals surface area contributed by atoms with Gasteiger partial charge in [0.1, 0.15) is 11.5 Å². The van der Waals surface area contributed by atoms with Gasteiger partial charge in [0.25, 0.3) is 0 Å². The Hall–Kier alpha value is -4.66. The Bertz CT molecular complexity index is 1890. The van der Waals surface area contributed by atoms with E-state index >= 15 is 0 Å². The van der Waals surface area contributed by atoms with Gasteiger partial charge >= 0.3 is 26.2 Å². The average Bonchev–Trinajstić information content (AvgIpc) is 3.14. The Balaban J connectivity index is 0.000000418. The minimum absolute atomic E-state index is 0. The molecule has 6 rings (SSSR count). The van der Waals surface area contributed by atoms with Crippen molar-refractivity contribution in [1.82, 2.24) is 0 Å². The molecule has 0 aromatic heterocycles. The van der Waals surface area contributed by atoms with Crippen LogP contribution in [-0.4, -0.2) is 18.3 Å². The summed E-state index contributed by atoms with van der Waals surface area (Å²) in [6.45, 7) is 21.7. The maximum absolute atomic E-state index is 11.3. The van der Waals surface area contributed by atoms with Gasteiger partial charge in [-0.25, -0.2) is 0 Å². The van der Waals surface area contributed by atoms with E-state index in [1.807, 2.05) is 109 Å². The summed E-state index contributed by atoms with van der Waals surface area (Å²) >= 11 is 0. The van der Waals surface area contributed by atoms with Crippen LogP contribution in [0.5, 0.6) is 11.5 Å². The summed E-state index contributed by atoms with van der Waals surface area (Å²) in [6, 6.07) is 46.5. The number of ether oxygens (including phenoxy) is 1. The molecule has 4 heteroatoms. The van der Waals surface area contributed by atoms with Crippen LogP contribution < -0.4 is 4.74 Å². The second-order valence-corrected chi connectivity index (χ2v) is 13.7. The minimum atomic E-state index is 0. The molecule has 6 aromatic rings. The van der Waals surface area contributed by atoms with Gasteiger partial charge in [-0.1, -0.05) is 111 Å². The third-order valence-electron chi connectivity index (χ3n) is 8.62. The van der Waals surface area contributed by atoms with Gasteiger partial charge in [-0.15, -0.1) is 36.5 Å². The number of phenolic OH excluding ortho intramolecular Hbond substituents is 1. The first-order valence-corrected chi connectivity index (χ1v) is 18.2. The Morgan fingerprint density at radius 2 is 1.08 bits per heavy atom. The molecule has 1 radical (unpaired) electrons. The smallest absolute Gasteiger partial charge is 0.684 e. The molecule has 271 valence electrons. The van der Waals surface area contributed by atoms with Gasteiger partial charge in [-0.05, 0) is 67.5 Å². The number of hydrogen-bond acceptors (Lipinski definition) is 2. The maximum atomic E-state index is 11.3. The molecule has 0 spiro atoms. The Morgan fingerprint density at radius 1 is 0.585 bits per heavy atom. The van der Waals surface area contributed by atoms with Crippen molar-refractivity contribution in [2.75, 3.05) is 13.2 Å². The molecule has 0 atom stereocenters. The van der Waals surface area contributed by atoms with E-state index in [1.165, 1.54) is 11.1 Å². The predicted molar refractivity (Wildman–Crippen MR) is 223 cm³/mol. The average molecular weight is 780 g/mol. The zero-order valence-electron chi connectivity index (χ0n) is 32.3. The molecule has 0 amide bonds. The zero-order chi connectivity index (χ0) is 37.5. The van der Waals surface area contributed by atoms with Gasteiger partial charge in [-0.3, -0.25) is 0 Å². The number of aryl methyl sites for hydroxylation is 2. The van der Waals surface area contributed by atoms with E-state index in [1.54, 1.807) is 0 Å². The molecule has 0 saturated carbocycles. The van der Waals surface area contributed by atoms with Crippen molar-refractivity contribution in [3.8, 4) is 33.8 Å². The van der Waals surface area contributed by atoms with Gasteiger partial charge in [-0.2, -0.15) is 49.2 Å². The molecule has 0 aliphatic rings. The number of benzene rings is 6. The molecule has 0 unspecified atom stereocenters. The van der Waals surface area contributed by atoms with Crippen molar-refractivity contribution in [2.24, 2.45) is 0 Å². The summed E-state index contributed by atoms with van der Waals surface area (Å²) in [5.41, 5.74) is 11.6. The van der Waals surface area contributed by atoms with E-state index in [9.17, 15) is 5.11 Å². The Kier molecular flexibility index (Phi) is 17.6. The summed E-state index contributed by atoms with van der Waals surface area (Å²) in [7, 11) is 0. The fourth-order valence-corrected chi connectivity index (χ4v) is 5.89. The first kappa shape index (κ1) is 42.8. The van der Waals surface area contributed by atoms with Crippen LogP contribution in [0.25, 0.3) is 27.6 Å². The van der Waals surface area contributed by atoms with Gasteiger partial charge in [0, 0.05) is 16.7 Å². The zero-order valence-corrected chi connectivity index (χ0v) is 34.7. The molecule has 53 heavy (non-hydrogen) atoms. The molecule has 0 aliphatic heterocycles. The maximum Gasteiger partial charge on any atom is 3.00 e. The van der Waals surface area contributed by atoms with Crippen LogP contribution >= 0.6 is 0 Å². The molecule has 6 aromatic carbocycles. The summed E-state index contributed by atoms with van der Waals surface area (Å²) in [6.07, 6.45) is 0.812. The third kappa shape index (κ3) is 13.1. The molecular weight excluding hydrogens is 726 g/mol. The summed E-state index contributed by atoms with van der Waals surface area (Å²) < 4.78 is 6.31. The molecule has 0 saturated heterocycles. The number of hydrogen-bond donors (Lipinski definition) is 1. The number of rotatable bonds is 10. The largest absolute Gasteiger partial charge is 3.00 e. The second kappa shape index (κ2) is 21.8. The van der Waals surface area contributed by atoms with Crippen LogP contribution in [0.2, 0.25) is 0 Å². The van der Waals surface area contributed by atoms with Crippen molar-refractivity contribution >= 4 is 5.69 Å². The van der Waals surface area contributed by atoms with E-state index in [-0.39, 0.29) is 32.0 Å². The van der Waals surface area contributed by atoms with Crippen molar-refractivity contribution in [2.45, 2.75) is 59.8 Å². The number of phenols is 1. The van der Waals surface area contributed by atoms with Gasteiger partial charge in [0.15, 0.2) is 0 Å². The van der Waals surface area contributed by atoms with E-state index in [0.29, 0.717) is 25.0 Å². The number of aromatic hydroxyl groups is 1. The third-order valence-corrected chi connectivity index (χ3v) is 8.62. The van der Waals surface area contributed by atoms with Crippen molar-refractivity contribution in [3.05, 3.63) is 192 Å². The predicted octanol–water partition coefficient (Wildman–Crippen LogP) is 13.8. The summed E-state index contributed by atoms with van der Waals surface area (Å²) in [5, 5.41) is 16.4. The standard InChI is InChI=1S/C35H40NO2.2C7H7.Zr/c1-23(2)28-14-10-15-29(24(3)4)34(28)36-18-11-19-38-33-17-16-25(5)20-31(33)32-22-26(6)21-30(35(32)37)27-12-8-7-9-13-27;2*1-7-5-3-2-4-6-7;/h7-10,12-17,20-24,37H,11,18-19H2,1-6H3;2*2-6H,1H2;/q3*-1;+3. The number of para-hydroxylation sites is 1. The molecule has 0 fully saturated rings. The summed E-state index contributed by atoms with van der Waals surface area (Å²) in [4.78, 5) is 0. The van der Waals surface area contributed by atoms with Crippen LogP contribution in [0.1, 0.15) is 79.3 Å². The van der Waals surface area contributed by atoms with Crippen LogP contribution in [0, 0.1) is 27.7 Å². The monoisotopic (exact) mass is 778 g/mol. The number of nitrogens with zero attached hydrogens (tertiary/aromatic N) is 1. The minimum Gasteiger partial charge on any atom is -0.684 e. The van der Waals surface area contributed by atoms with Gasteiger partial charge < -0.3 is 15.2 Å². The second-order valence-electron chi connectivity index (χ2n) is 13.7. The van der Waals surface area contributed by atoms with Crippen LogP contribution in [0.15, 0.2) is 140 Å². The molecular formula is C49H54NO2Zr. The molecule has 1 N–H and O–H groups in total. The SMILES string of the molecule is Cc1ccc(OCCC[N-]c2c(C(C)C)cccc2C(C)C)c(-c2cc(C)cc(-c3ccccc3)c2O)c1.[CH2-]c1ccccc1.[CH2-]c1ccccc1.[Zr+3]. The van der Waals surface area contributed by atoms with Gasteiger partial charge in [0.2, 0.25) is 0 Å². The summed E-state index contributed by atoms with van der Waals surface area (Å²) in [5.74, 6) is 1.92. The Labute approximate surface area is 338 Å². The first-order valence-electron chi connectivity index (χ1n) is 18.2. The van der Waals surface area contributed by atoms with E-state index in [4.69, 9.17) is 10.1 Å². The molecule has 3 nitrogen and oxygen atoms in total. The van der Waals surface area contributed by atoms with Crippen molar-refractivity contribution in [1.29, 1.82) is 0 Å². The quantitative estimate of drug-likeness (QED) is 0.111. The van der Waals surface area contributed by atoms with E-state index < -0.39 is 0 Å². The molecule has 0 heterocycles. The normalized spacial score (nSPS) is 10.3. The Morgan fingerprint density at radius 3 is 1.57 bits per heavy atom. The van der Waals surface area contributed by atoms with Crippen LogP contribution in [0.4, 0.5) is 5.69 Å². The van der Waals surface area contributed by atoms with Crippen LogP contribution in [0.3, 0.4) is 0 Å². The molecule has 0 bridgehead atoms. The van der Waals surface area contributed by atoms with Crippen LogP contribution in [-0.2, 0) is 26.2 Å². The molecule has 0 aliphatic carbocycles. The van der Waals surface area contributed by atoms with Crippen molar-refractivity contribution < 1.29 is 36.0 Å². The topological polar surface area (TPSA) is 43.6 Å². The van der Waals surface area contributed by atoms with Crippen molar-refractivity contribution in [3.63, 3.8) is 0 Å². The fraction of sp³-hybridized carbons (Fsp3) is 0.224. The van der Waals surface area contributed by atoms with Gasteiger partial charge in [0.05, 0.1) is 6.61 Å². The first-order chi connectivity index (χ1) is 25.0. The van der Waals surface area contributed by atoms with E-state index in [0.717, 1.165) is 62.4 Å².